The summed E-state index contributed by atoms with van der Waals surface area (Å²) in [6, 6.07) is 1.83. The zero-order valence-corrected chi connectivity index (χ0v) is 15.3. The van der Waals surface area contributed by atoms with Gasteiger partial charge in [0.15, 0.2) is 8.32 Å². The number of nitrogens with zero attached hydrogens (tertiary/aromatic N) is 1. The molecular weight excluding hydrogens is 290 g/mol. The van der Waals surface area contributed by atoms with Crippen molar-refractivity contribution < 1.29 is 9.53 Å². The summed E-state index contributed by atoms with van der Waals surface area (Å²) in [5.41, 5.74) is 0.402. The zero-order chi connectivity index (χ0) is 15.8. The number of aromatic nitrogens is 1. The van der Waals surface area contributed by atoms with Crippen molar-refractivity contribution in [2.75, 3.05) is 0 Å². The lowest BCUT2D eigenvalue weighted by atomic mass is 10.0. The molecule has 0 aliphatic rings. The van der Waals surface area contributed by atoms with E-state index in [1.807, 2.05) is 6.07 Å². The summed E-state index contributed by atoms with van der Waals surface area (Å²) in [5.74, 6) is 0. The maximum atomic E-state index is 9.96. The molecule has 0 fully saturated rings. The molecular formula is C15H26ClNO2Si. The van der Waals surface area contributed by atoms with Crippen LogP contribution < -0.4 is 0 Å². The Balaban J connectivity index is 2.84. The number of pyridine rings is 1. The van der Waals surface area contributed by atoms with Crippen molar-refractivity contribution in [3.8, 4) is 0 Å². The van der Waals surface area contributed by atoms with Crippen molar-refractivity contribution in [1.82, 2.24) is 4.98 Å². The van der Waals surface area contributed by atoms with Gasteiger partial charge in [-0.3, -0.25) is 4.98 Å². The molecule has 3 nitrogen and oxygen atoms in total. The van der Waals surface area contributed by atoms with Crippen LogP contribution in [0.2, 0.25) is 23.2 Å². The fourth-order valence-electron chi connectivity index (χ4n) is 1.49. The molecule has 20 heavy (non-hydrogen) atoms. The van der Waals surface area contributed by atoms with E-state index in [4.69, 9.17) is 16.0 Å². The molecule has 0 radical (unpaired) electrons. The monoisotopic (exact) mass is 315 g/mol. The molecule has 1 aromatic rings. The molecule has 0 bridgehead atoms. The standard InChI is InChI=1S/C15H26ClNO2Si/c1-14(2,3)20(6,7)19-10-11-8-12(16)13(17-9-11)15(4,5)18/h8-9,18H,10H2,1-7H3. The predicted octanol–water partition coefficient (Wildman–Crippen LogP) is 4.48. The third kappa shape index (κ3) is 4.28. The largest absolute Gasteiger partial charge is 0.413 e. The van der Waals surface area contributed by atoms with Crippen LogP contribution >= 0.6 is 11.6 Å². The van der Waals surface area contributed by atoms with Gasteiger partial charge >= 0.3 is 0 Å². The molecule has 0 saturated heterocycles. The minimum atomic E-state index is -1.78. The highest BCUT2D eigenvalue weighted by Crippen LogP contribution is 2.37. The Bertz CT molecular complexity index is 476. The van der Waals surface area contributed by atoms with E-state index in [9.17, 15) is 5.11 Å². The second-order valence-corrected chi connectivity index (χ2v) is 12.5. The predicted molar refractivity (Wildman–Crippen MR) is 86.5 cm³/mol. The van der Waals surface area contributed by atoms with Crippen molar-refractivity contribution >= 4 is 19.9 Å². The lowest BCUT2D eigenvalue weighted by Gasteiger charge is -2.36. The van der Waals surface area contributed by atoms with Gasteiger partial charge in [0.1, 0.15) is 5.60 Å². The molecule has 0 aliphatic carbocycles. The summed E-state index contributed by atoms with van der Waals surface area (Å²) in [4.78, 5) is 4.27. The van der Waals surface area contributed by atoms with E-state index < -0.39 is 13.9 Å². The normalized spacial score (nSPS) is 13.7. The van der Waals surface area contributed by atoms with Crippen LogP contribution in [0.3, 0.4) is 0 Å². The van der Waals surface area contributed by atoms with E-state index in [0.717, 1.165) is 5.56 Å². The molecule has 1 aromatic heterocycles. The average Bonchev–Trinajstić information content (AvgIpc) is 2.23. The van der Waals surface area contributed by atoms with Gasteiger partial charge in [-0.2, -0.15) is 0 Å². The van der Waals surface area contributed by atoms with Gasteiger partial charge in [-0.1, -0.05) is 32.4 Å². The SMILES string of the molecule is CC(C)(O)c1ncc(CO[Si](C)(C)C(C)(C)C)cc1Cl. The lowest BCUT2D eigenvalue weighted by molar-refractivity contribution is 0.0739. The zero-order valence-electron chi connectivity index (χ0n) is 13.5. The second-order valence-electron chi connectivity index (χ2n) is 7.28. The fraction of sp³-hybridized carbons (Fsp3) is 0.667. The van der Waals surface area contributed by atoms with Crippen LogP contribution in [0.25, 0.3) is 0 Å². The summed E-state index contributed by atoms with van der Waals surface area (Å²) < 4.78 is 6.14. The minimum Gasteiger partial charge on any atom is -0.413 e. The van der Waals surface area contributed by atoms with Crippen LogP contribution in [0.5, 0.6) is 0 Å². The molecule has 1 N–H and O–H groups in total. The summed E-state index contributed by atoms with van der Waals surface area (Å²) in [6.45, 7) is 14.9. The highest BCUT2D eigenvalue weighted by Gasteiger charge is 2.37. The van der Waals surface area contributed by atoms with E-state index >= 15 is 0 Å². The molecule has 0 amide bonds. The van der Waals surface area contributed by atoms with Gasteiger partial charge in [-0.05, 0) is 43.6 Å². The van der Waals surface area contributed by atoms with Crippen molar-refractivity contribution in [1.29, 1.82) is 0 Å². The Morgan fingerprint density at radius 3 is 2.20 bits per heavy atom. The maximum Gasteiger partial charge on any atom is 0.192 e. The van der Waals surface area contributed by atoms with Gasteiger partial charge in [0.25, 0.3) is 0 Å². The third-order valence-corrected chi connectivity index (χ3v) is 8.65. The highest BCUT2D eigenvalue weighted by molar-refractivity contribution is 6.74. The van der Waals surface area contributed by atoms with Crippen LogP contribution in [0.15, 0.2) is 12.3 Å². The molecule has 1 rings (SSSR count). The van der Waals surface area contributed by atoms with Gasteiger partial charge in [0.2, 0.25) is 0 Å². The van der Waals surface area contributed by atoms with Crippen molar-refractivity contribution in [2.45, 2.75) is 65.0 Å². The number of aliphatic hydroxyl groups is 1. The lowest BCUT2D eigenvalue weighted by Crippen LogP contribution is -2.40. The van der Waals surface area contributed by atoms with Crippen LogP contribution in [-0.4, -0.2) is 18.4 Å². The van der Waals surface area contributed by atoms with E-state index in [0.29, 0.717) is 17.3 Å². The topological polar surface area (TPSA) is 42.4 Å². The molecule has 114 valence electrons. The summed E-state index contributed by atoms with van der Waals surface area (Å²) in [6.07, 6.45) is 1.73. The first kappa shape index (κ1) is 17.6. The summed E-state index contributed by atoms with van der Waals surface area (Å²) >= 11 is 6.19. The van der Waals surface area contributed by atoms with E-state index in [-0.39, 0.29) is 5.04 Å². The van der Waals surface area contributed by atoms with Crippen molar-refractivity contribution in [3.05, 3.63) is 28.5 Å². The highest BCUT2D eigenvalue weighted by atomic mass is 35.5. The number of hydrogen-bond acceptors (Lipinski definition) is 3. The van der Waals surface area contributed by atoms with Gasteiger partial charge in [0, 0.05) is 6.20 Å². The molecule has 0 saturated carbocycles. The first-order chi connectivity index (χ1) is 8.84. The molecule has 0 aromatic carbocycles. The van der Waals surface area contributed by atoms with E-state index in [2.05, 4.69) is 38.8 Å². The molecule has 0 aliphatic heterocycles. The van der Waals surface area contributed by atoms with Gasteiger partial charge in [0.05, 0.1) is 17.3 Å². The summed E-state index contributed by atoms with van der Waals surface area (Å²) in [7, 11) is -1.78. The number of halogens is 1. The number of rotatable bonds is 4. The first-order valence-electron chi connectivity index (χ1n) is 6.86. The van der Waals surface area contributed by atoms with Gasteiger partial charge in [-0.25, -0.2) is 0 Å². The van der Waals surface area contributed by atoms with Crippen LogP contribution in [0.4, 0.5) is 0 Å². The Labute approximate surface area is 128 Å². The quantitative estimate of drug-likeness (QED) is 0.833. The minimum absolute atomic E-state index is 0.178. The third-order valence-electron chi connectivity index (χ3n) is 3.88. The van der Waals surface area contributed by atoms with Crippen molar-refractivity contribution in [3.63, 3.8) is 0 Å². The molecule has 0 atom stereocenters. The Morgan fingerprint density at radius 1 is 1.25 bits per heavy atom. The van der Waals surface area contributed by atoms with Gasteiger partial charge < -0.3 is 9.53 Å². The second kappa shape index (κ2) is 5.76. The Morgan fingerprint density at radius 2 is 1.80 bits per heavy atom. The smallest absolute Gasteiger partial charge is 0.192 e. The molecule has 0 unspecified atom stereocenters. The molecule has 0 spiro atoms. The Hall–Kier alpha value is -0.423. The Kier molecular flexibility index (Phi) is 5.07. The van der Waals surface area contributed by atoms with Crippen LogP contribution in [0.1, 0.15) is 45.9 Å². The summed E-state index contributed by atoms with van der Waals surface area (Å²) in [5, 5.41) is 10.6. The average molecular weight is 316 g/mol. The van der Waals surface area contributed by atoms with Gasteiger partial charge in [-0.15, -0.1) is 0 Å². The van der Waals surface area contributed by atoms with E-state index in [1.54, 1.807) is 20.0 Å². The maximum absolute atomic E-state index is 9.96. The van der Waals surface area contributed by atoms with Crippen LogP contribution in [-0.2, 0) is 16.6 Å². The molecule has 5 heteroatoms. The van der Waals surface area contributed by atoms with Crippen molar-refractivity contribution in [2.24, 2.45) is 0 Å². The number of hydrogen-bond donors (Lipinski definition) is 1. The van der Waals surface area contributed by atoms with Crippen LogP contribution in [0, 0.1) is 0 Å². The molecule has 1 heterocycles. The fourth-order valence-corrected chi connectivity index (χ4v) is 2.87. The first-order valence-corrected chi connectivity index (χ1v) is 10.1. The van der Waals surface area contributed by atoms with E-state index in [1.165, 1.54) is 0 Å².